The number of thiophene rings is 1. The van der Waals surface area contributed by atoms with Crippen LogP contribution in [0.15, 0.2) is 15.9 Å². The van der Waals surface area contributed by atoms with E-state index in [-0.39, 0.29) is 12.5 Å². The molecule has 1 rings (SSSR count). The smallest absolute Gasteiger partial charge is 0.321 e. The summed E-state index contributed by atoms with van der Waals surface area (Å²) in [7, 11) is 1.93. The molecule has 20 heavy (non-hydrogen) atoms. The minimum absolute atomic E-state index is 0.264. The van der Waals surface area contributed by atoms with Gasteiger partial charge in [0.05, 0.1) is 15.7 Å². The number of rotatable bonds is 6. The summed E-state index contributed by atoms with van der Waals surface area (Å²) in [6, 6.07) is 3.61. The van der Waals surface area contributed by atoms with Gasteiger partial charge in [0.2, 0.25) is 0 Å². The number of halogens is 1. The van der Waals surface area contributed by atoms with Crippen molar-refractivity contribution in [2.75, 3.05) is 20.1 Å². The molecule has 0 spiro atoms. The number of quaternary nitrogens is 1. The predicted octanol–water partition coefficient (Wildman–Crippen LogP) is 1.01. The lowest BCUT2D eigenvalue weighted by atomic mass is 10.2. The minimum Gasteiger partial charge on any atom is -0.338 e. The molecule has 1 unspecified atom stereocenters. The minimum atomic E-state index is -0.421. The quantitative estimate of drug-likeness (QED) is 0.707. The van der Waals surface area contributed by atoms with Crippen LogP contribution in [-0.2, 0) is 11.3 Å². The van der Waals surface area contributed by atoms with Gasteiger partial charge in [-0.3, -0.25) is 10.1 Å². The van der Waals surface area contributed by atoms with Gasteiger partial charge in [0.25, 0.3) is 5.91 Å². The van der Waals surface area contributed by atoms with Crippen molar-refractivity contribution in [2.45, 2.75) is 20.4 Å². The number of likely N-dealkylation sites (N-methyl/N-ethyl adjacent to an activating group) is 1. The maximum atomic E-state index is 11.7. The normalized spacial score (nSPS) is 12.2. The summed E-state index contributed by atoms with van der Waals surface area (Å²) in [5.74, 6) is 0.0980. The van der Waals surface area contributed by atoms with E-state index in [4.69, 9.17) is 0 Å². The number of hydrogen-bond donors (Lipinski definition) is 3. The Labute approximate surface area is 131 Å². The van der Waals surface area contributed by atoms with Gasteiger partial charge in [0.1, 0.15) is 6.54 Å². The van der Waals surface area contributed by atoms with Crippen molar-refractivity contribution in [3.05, 3.63) is 20.8 Å². The van der Waals surface area contributed by atoms with E-state index in [1.165, 1.54) is 4.88 Å². The number of carbonyl (C=O) groups is 2. The van der Waals surface area contributed by atoms with Crippen LogP contribution in [0.2, 0.25) is 0 Å². The number of urea groups is 1. The number of amides is 3. The van der Waals surface area contributed by atoms with Gasteiger partial charge >= 0.3 is 6.03 Å². The van der Waals surface area contributed by atoms with E-state index in [0.29, 0.717) is 12.5 Å². The summed E-state index contributed by atoms with van der Waals surface area (Å²) in [6.07, 6.45) is 0. The summed E-state index contributed by atoms with van der Waals surface area (Å²) in [6.45, 7) is 5.59. The summed E-state index contributed by atoms with van der Waals surface area (Å²) in [5, 5.41) is 5.00. The average Bonchev–Trinajstić information content (AvgIpc) is 2.71. The highest BCUT2D eigenvalue weighted by Crippen LogP contribution is 2.20. The molecule has 0 aliphatic heterocycles. The second kappa shape index (κ2) is 8.39. The number of imide groups is 1. The molecule has 1 aromatic rings. The van der Waals surface area contributed by atoms with Crippen LogP contribution in [0.3, 0.4) is 0 Å². The molecule has 112 valence electrons. The Morgan fingerprint density at radius 1 is 1.40 bits per heavy atom. The third kappa shape index (κ3) is 7.02. The van der Waals surface area contributed by atoms with Gasteiger partial charge < -0.3 is 10.2 Å². The third-order valence-electron chi connectivity index (χ3n) is 2.49. The number of hydrogen-bond acceptors (Lipinski definition) is 3. The lowest BCUT2D eigenvalue weighted by molar-refractivity contribution is -0.885. The Bertz CT molecular complexity index is 462. The first kappa shape index (κ1) is 17.1. The Balaban J connectivity index is 2.29. The lowest BCUT2D eigenvalue weighted by Gasteiger charge is -2.13. The van der Waals surface area contributed by atoms with Gasteiger partial charge in [0, 0.05) is 6.54 Å². The maximum absolute atomic E-state index is 11.7. The molecule has 0 saturated carbocycles. The molecule has 0 radical (unpaired) electrons. The highest BCUT2D eigenvalue weighted by molar-refractivity contribution is 9.11. The standard InChI is InChI=1S/C13H20BrN3O2S/c1-9(2)6-15-13(19)16-12(18)8-17(3)7-10-4-5-11(14)20-10/h4-5,9H,6-8H2,1-3H3,(H2,15,16,18,19)/p+1. The molecule has 0 saturated heterocycles. The molecular formula is C13H21BrN3O2S+. The summed E-state index contributed by atoms with van der Waals surface area (Å²) >= 11 is 5.06. The van der Waals surface area contributed by atoms with Crippen LogP contribution < -0.4 is 15.5 Å². The van der Waals surface area contributed by atoms with E-state index >= 15 is 0 Å². The molecule has 0 aliphatic rings. The first-order chi connectivity index (χ1) is 9.36. The van der Waals surface area contributed by atoms with Gasteiger partial charge in [-0.05, 0) is 34.0 Å². The van der Waals surface area contributed by atoms with Crippen LogP contribution in [0.25, 0.3) is 0 Å². The fourth-order valence-corrected chi connectivity index (χ4v) is 3.19. The maximum Gasteiger partial charge on any atom is 0.321 e. The van der Waals surface area contributed by atoms with Crippen molar-refractivity contribution in [2.24, 2.45) is 5.92 Å². The highest BCUT2D eigenvalue weighted by Gasteiger charge is 2.14. The van der Waals surface area contributed by atoms with Crippen LogP contribution in [0.5, 0.6) is 0 Å². The van der Waals surface area contributed by atoms with Crippen molar-refractivity contribution in [1.82, 2.24) is 10.6 Å². The van der Waals surface area contributed by atoms with Crippen LogP contribution in [-0.4, -0.2) is 32.1 Å². The summed E-state index contributed by atoms with van der Waals surface area (Å²) < 4.78 is 1.08. The second-order valence-corrected chi connectivity index (χ2v) is 7.72. The van der Waals surface area contributed by atoms with E-state index in [0.717, 1.165) is 15.2 Å². The van der Waals surface area contributed by atoms with Crippen molar-refractivity contribution in [3.8, 4) is 0 Å². The summed E-state index contributed by atoms with van der Waals surface area (Å²) in [4.78, 5) is 25.4. The van der Waals surface area contributed by atoms with E-state index in [9.17, 15) is 9.59 Å². The molecule has 5 nitrogen and oxygen atoms in total. The Hall–Kier alpha value is -0.920. The molecule has 7 heteroatoms. The molecular weight excluding hydrogens is 342 g/mol. The van der Waals surface area contributed by atoms with Crippen molar-refractivity contribution in [3.63, 3.8) is 0 Å². The van der Waals surface area contributed by atoms with Crippen LogP contribution in [0.4, 0.5) is 4.79 Å². The Morgan fingerprint density at radius 3 is 2.65 bits per heavy atom. The van der Waals surface area contributed by atoms with E-state index < -0.39 is 6.03 Å². The molecule has 3 amide bonds. The average molecular weight is 363 g/mol. The van der Waals surface area contributed by atoms with Gasteiger partial charge in [-0.25, -0.2) is 4.79 Å². The molecule has 1 heterocycles. The lowest BCUT2D eigenvalue weighted by Crippen LogP contribution is -3.08. The Morgan fingerprint density at radius 2 is 2.10 bits per heavy atom. The van der Waals surface area contributed by atoms with E-state index in [1.54, 1.807) is 11.3 Å². The zero-order valence-electron chi connectivity index (χ0n) is 12.0. The largest absolute Gasteiger partial charge is 0.338 e. The van der Waals surface area contributed by atoms with E-state index in [2.05, 4.69) is 26.6 Å². The van der Waals surface area contributed by atoms with Crippen molar-refractivity contribution < 1.29 is 14.5 Å². The molecule has 0 aliphatic carbocycles. The van der Waals surface area contributed by atoms with Gasteiger partial charge in [-0.2, -0.15) is 0 Å². The van der Waals surface area contributed by atoms with Gasteiger partial charge in [-0.1, -0.05) is 13.8 Å². The predicted molar refractivity (Wildman–Crippen MR) is 83.9 cm³/mol. The molecule has 1 atom stereocenters. The van der Waals surface area contributed by atoms with E-state index in [1.807, 2.05) is 33.0 Å². The second-order valence-electron chi connectivity index (χ2n) is 5.17. The molecule has 1 aromatic heterocycles. The molecule has 0 fully saturated rings. The van der Waals surface area contributed by atoms with Crippen LogP contribution >= 0.6 is 27.3 Å². The van der Waals surface area contributed by atoms with Crippen molar-refractivity contribution >= 4 is 39.2 Å². The monoisotopic (exact) mass is 362 g/mol. The van der Waals surface area contributed by atoms with Gasteiger partial charge in [-0.15, -0.1) is 11.3 Å². The molecule has 0 bridgehead atoms. The number of carbonyl (C=O) groups excluding carboxylic acids is 2. The zero-order chi connectivity index (χ0) is 15.1. The summed E-state index contributed by atoms with van der Waals surface area (Å²) in [5.41, 5.74) is 0. The third-order valence-corrected chi connectivity index (χ3v) is 4.11. The van der Waals surface area contributed by atoms with Crippen LogP contribution in [0.1, 0.15) is 18.7 Å². The first-order valence-corrected chi connectivity index (χ1v) is 8.11. The first-order valence-electron chi connectivity index (χ1n) is 6.50. The van der Waals surface area contributed by atoms with Crippen LogP contribution in [0, 0.1) is 5.92 Å². The fourth-order valence-electron chi connectivity index (χ4n) is 1.59. The molecule has 0 aromatic carbocycles. The number of nitrogens with one attached hydrogen (secondary N) is 3. The fraction of sp³-hybridized carbons (Fsp3) is 0.538. The zero-order valence-corrected chi connectivity index (χ0v) is 14.4. The van der Waals surface area contributed by atoms with Crippen molar-refractivity contribution in [1.29, 1.82) is 0 Å². The highest BCUT2D eigenvalue weighted by atomic mass is 79.9. The van der Waals surface area contributed by atoms with Gasteiger partial charge in [0.15, 0.2) is 6.54 Å². The Kier molecular flexibility index (Phi) is 7.18. The topological polar surface area (TPSA) is 62.6 Å². The SMILES string of the molecule is CC(C)CNC(=O)NC(=O)C[NH+](C)Cc1ccc(Br)s1. The molecule has 3 N–H and O–H groups in total.